The average molecular weight is 311 g/mol. The summed E-state index contributed by atoms with van der Waals surface area (Å²) in [5, 5.41) is 11.1. The van der Waals surface area contributed by atoms with Crippen LogP contribution < -0.4 is 0 Å². The number of piperidine rings is 1. The number of alkyl halides is 1. The number of nitrogens with zero attached hydrogens (tertiary/aromatic N) is 2. The minimum absolute atomic E-state index is 0.120. The number of hydrogen-bond acceptors (Lipinski definition) is 3. The highest BCUT2D eigenvalue weighted by molar-refractivity contribution is 6.17. The van der Waals surface area contributed by atoms with Crippen LogP contribution in [0, 0.1) is 23.0 Å². The van der Waals surface area contributed by atoms with Gasteiger partial charge in [-0.3, -0.25) is 14.9 Å². The molecule has 0 bridgehead atoms. The molecule has 0 spiro atoms. The van der Waals surface area contributed by atoms with Crippen LogP contribution in [0.1, 0.15) is 35.2 Å². The van der Waals surface area contributed by atoms with Gasteiger partial charge in [0.2, 0.25) is 0 Å². The predicted octanol–water partition coefficient (Wildman–Crippen LogP) is 3.38. The monoisotopic (exact) mass is 310 g/mol. The molecule has 1 unspecified atom stereocenters. The van der Waals surface area contributed by atoms with Crippen LogP contribution in [0.15, 0.2) is 18.2 Å². The highest BCUT2D eigenvalue weighted by atomic mass is 35.5. The quantitative estimate of drug-likeness (QED) is 0.486. The third-order valence-electron chi connectivity index (χ3n) is 3.90. The average Bonchev–Trinajstić information content (AvgIpc) is 2.46. The van der Waals surface area contributed by atoms with E-state index in [0.717, 1.165) is 24.8 Å². The van der Waals surface area contributed by atoms with E-state index in [-0.39, 0.29) is 17.2 Å². The maximum atomic E-state index is 12.6. The van der Waals surface area contributed by atoms with Crippen molar-refractivity contribution in [2.24, 2.45) is 5.92 Å². The van der Waals surface area contributed by atoms with Gasteiger partial charge in [-0.05, 0) is 43.7 Å². The summed E-state index contributed by atoms with van der Waals surface area (Å²) in [4.78, 5) is 25.0. The lowest BCUT2D eigenvalue weighted by Gasteiger charge is -2.32. The Balaban J connectivity index is 2.23. The van der Waals surface area contributed by atoms with E-state index in [4.69, 9.17) is 11.6 Å². The summed E-state index contributed by atoms with van der Waals surface area (Å²) in [7, 11) is 0. The molecule has 1 aromatic rings. The van der Waals surface area contributed by atoms with Gasteiger partial charge in [-0.25, -0.2) is 0 Å². The molecule has 1 saturated heterocycles. The lowest BCUT2D eigenvalue weighted by atomic mass is 9.95. The maximum Gasteiger partial charge on any atom is 0.282 e. The summed E-state index contributed by atoms with van der Waals surface area (Å²) in [6.07, 6.45) is 2.86. The van der Waals surface area contributed by atoms with Crippen LogP contribution in [0.3, 0.4) is 0 Å². The number of aryl methyl sites for hydroxylation is 1. The van der Waals surface area contributed by atoms with Crippen molar-refractivity contribution in [2.75, 3.05) is 19.0 Å². The van der Waals surface area contributed by atoms with E-state index in [1.54, 1.807) is 17.0 Å². The van der Waals surface area contributed by atoms with Gasteiger partial charge in [-0.1, -0.05) is 6.07 Å². The minimum Gasteiger partial charge on any atom is -0.338 e. The van der Waals surface area contributed by atoms with Gasteiger partial charge in [0.25, 0.3) is 11.6 Å². The topological polar surface area (TPSA) is 63.5 Å². The number of carbonyl (C=O) groups excluding carboxylic acids is 1. The van der Waals surface area contributed by atoms with Crippen LogP contribution in [0.2, 0.25) is 0 Å². The Morgan fingerprint density at radius 1 is 1.52 bits per heavy atom. The highest BCUT2D eigenvalue weighted by Crippen LogP contribution is 2.26. The van der Waals surface area contributed by atoms with Crippen LogP contribution in [0.25, 0.3) is 0 Å². The zero-order valence-corrected chi connectivity index (χ0v) is 12.8. The molecule has 0 saturated carbocycles. The largest absolute Gasteiger partial charge is 0.338 e. The normalized spacial score (nSPS) is 18.6. The van der Waals surface area contributed by atoms with Gasteiger partial charge in [0.15, 0.2) is 0 Å². The number of likely N-dealkylation sites (tertiary alicyclic amines) is 1. The van der Waals surface area contributed by atoms with Gasteiger partial charge in [-0.2, -0.15) is 0 Å². The fraction of sp³-hybridized carbons (Fsp3) is 0.533. The van der Waals surface area contributed by atoms with Gasteiger partial charge in [0.05, 0.1) is 4.92 Å². The lowest BCUT2D eigenvalue weighted by molar-refractivity contribution is -0.385. The molecule has 0 radical (unpaired) electrons. The first-order chi connectivity index (χ1) is 10.0. The smallest absolute Gasteiger partial charge is 0.282 e. The lowest BCUT2D eigenvalue weighted by Crippen LogP contribution is -2.40. The molecular weight excluding hydrogens is 292 g/mol. The summed E-state index contributed by atoms with van der Waals surface area (Å²) in [5.74, 6) is 0.728. The maximum absolute atomic E-state index is 12.6. The minimum atomic E-state index is -0.493. The SMILES string of the molecule is Cc1ccc([N+](=O)[O-])c(C(=O)N2CCCC(CCCl)C2)c1. The number of nitro groups is 1. The van der Waals surface area contributed by atoms with E-state index in [1.807, 2.05) is 6.92 Å². The van der Waals surface area contributed by atoms with Crippen LogP contribution in [0.4, 0.5) is 5.69 Å². The third-order valence-corrected chi connectivity index (χ3v) is 4.12. The Bertz CT molecular complexity index is 546. The van der Waals surface area contributed by atoms with Crippen LogP contribution in [-0.2, 0) is 0 Å². The summed E-state index contributed by atoms with van der Waals surface area (Å²) in [6.45, 7) is 3.12. The fourth-order valence-electron chi connectivity index (χ4n) is 2.79. The van der Waals surface area contributed by atoms with E-state index >= 15 is 0 Å². The van der Waals surface area contributed by atoms with Crippen molar-refractivity contribution in [3.63, 3.8) is 0 Å². The number of carbonyl (C=O) groups is 1. The summed E-state index contributed by atoms with van der Waals surface area (Å²) < 4.78 is 0. The predicted molar refractivity (Wildman–Crippen MR) is 81.8 cm³/mol. The third kappa shape index (κ3) is 3.73. The van der Waals surface area contributed by atoms with Gasteiger partial charge in [0.1, 0.15) is 5.56 Å². The molecule has 6 heteroatoms. The Morgan fingerprint density at radius 2 is 2.29 bits per heavy atom. The molecular formula is C15H19ClN2O3. The van der Waals surface area contributed by atoms with E-state index in [0.29, 0.717) is 24.9 Å². The van der Waals surface area contributed by atoms with Crippen LogP contribution in [-0.4, -0.2) is 34.7 Å². The first-order valence-electron chi connectivity index (χ1n) is 7.13. The van der Waals surface area contributed by atoms with Gasteiger partial charge in [0, 0.05) is 25.0 Å². The number of halogens is 1. The molecule has 114 valence electrons. The van der Waals surface area contributed by atoms with Crippen molar-refractivity contribution in [2.45, 2.75) is 26.2 Å². The molecule has 21 heavy (non-hydrogen) atoms. The van der Waals surface area contributed by atoms with Crippen molar-refractivity contribution < 1.29 is 9.72 Å². The van der Waals surface area contributed by atoms with E-state index in [2.05, 4.69) is 0 Å². The number of amides is 1. The molecule has 1 fully saturated rings. The van der Waals surface area contributed by atoms with Crippen LogP contribution >= 0.6 is 11.6 Å². The first-order valence-corrected chi connectivity index (χ1v) is 7.66. The highest BCUT2D eigenvalue weighted by Gasteiger charge is 2.28. The van der Waals surface area contributed by atoms with Crippen molar-refractivity contribution in [1.29, 1.82) is 0 Å². The molecule has 1 atom stereocenters. The number of rotatable bonds is 4. The molecule has 0 aliphatic carbocycles. The van der Waals surface area contributed by atoms with Crippen molar-refractivity contribution in [3.05, 3.63) is 39.4 Å². The molecule has 1 aliphatic rings. The molecule has 1 aliphatic heterocycles. The van der Waals surface area contributed by atoms with Gasteiger partial charge in [-0.15, -0.1) is 11.6 Å². The molecule has 5 nitrogen and oxygen atoms in total. The Kier molecular flexibility index (Phi) is 5.17. The van der Waals surface area contributed by atoms with Gasteiger partial charge < -0.3 is 4.90 Å². The molecule has 1 heterocycles. The van der Waals surface area contributed by atoms with Gasteiger partial charge >= 0.3 is 0 Å². The van der Waals surface area contributed by atoms with E-state index < -0.39 is 4.92 Å². The Labute approximate surface area is 129 Å². The Morgan fingerprint density at radius 3 is 2.95 bits per heavy atom. The summed E-state index contributed by atoms with van der Waals surface area (Å²) in [6, 6.07) is 4.66. The summed E-state index contributed by atoms with van der Waals surface area (Å²) in [5.41, 5.74) is 0.912. The zero-order valence-electron chi connectivity index (χ0n) is 12.0. The van der Waals surface area contributed by atoms with E-state index in [1.165, 1.54) is 6.07 Å². The molecule has 1 amide bonds. The standard InChI is InChI=1S/C15H19ClN2O3/c1-11-4-5-14(18(20)21)13(9-11)15(19)17-8-2-3-12(10-17)6-7-16/h4-5,9,12H,2-3,6-8,10H2,1H3. The van der Waals surface area contributed by atoms with Crippen LogP contribution in [0.5, 0.6) is 0 Å². The number of nitro benzene ring substituents is 1. The fourth-order valence-corrected chi connectivity index (χ4v) is 3.10. The van der Waals surface area contributed by atoms with E-state index in [9.17, 15) is 14.9 Å². The molecule has 0 aromatic heterocycles. The van der Waals surface area contributed by atoms with Crippen molar-refractivity contribution in [3.8, 4) is 0 Å². The second-order valence-electron chi connectivity index (χ2n) is 5.51. The van der Waals surface area contributed by atoms with Crippen molar-refractivity contribution in [1.82, 2.24) is 4.90 Å². The van der Waals surface area contributed by atoms with Crippen molar-refractivity contribution >= 4 is 23.2 Å². The zero-order chi connectivity index (χ0) is 15.4. The number of hydrogen-bond donors (Lipinski definition) is 0. The second kappa shape index (κ2) is 6.89. The molecule has 0 N–H and O–H groups in total. The number of benzene rings is 1. The first kappa shape index (κ1) is 15.8. The second-order valence-corrected chi connectivity index (χ2v) is 5.89. The summed E-state index contributed by atoms with van der Waals surface area (Å²) >= 11 is 5.77. The molecule has 1 aromatic carbocycles. The molecule has 2 rings (SSSR count). The Hall–Kier alpha value is -1.62.